The number of carboxylic acids is 1. The van der Waals surface area contributed by atoms with Gasteiger partial charge in [0.1, 0.15) is 0 Å². The molecular weight excluding hydrogens is 203 g/mol. The van der Waals surface area contributed by atoms with Gasteiger partial charge in [-0.1, -0.05) is 37.4 Å². The van der Waals surface area contributed by atoms with Crippen molar-refractivity contribution in [1.29, 1.82) is 0 Å². The fourth-order valence-electron chi connectivity index (χ4n) is 0.706. The molecule has 64 valence electrons. The summed E-state index contributed by atoms with van der Waals surface area (Å²) in [7, 11) is 0. The van der Waals surface area contributed by atoms with Gasteiger partial charge in [0.05, 0.1) is 11.0 Å². The molecule has 0 amide bonds. The van der Waals surface area contributed by atoms with Gasteiger partial charge in [-0.25, -0.2) is 0 Å². The first-order valence-corrected chi connectivity index (χ1v) is 4.13. The summed E-state index contributed by atoms with van der Waals surface area (Å²) in [5.41, 5.74) is 0. The summed E-state index contributed by atoms with van der Waals surface area (Å²) in [6.45, 7) is 2.09. The predicted molar refractivity (Wildman–Crippen MR) is 43.1 cm³/mol. The molecule has 0 unspecified atom stereocenters. The SMILES string of the molecule is CCCCC/C=C(\Cl)C(=O)[O-].[K+]. The van der Waals surface area contributed by atoms with Crippen LogP contribution in [0.25, 0.3) is 0 Å². The fraction of sp³-hybridized carbons (Fsp3) is 0.625. The van der Waals surface area contributed by atoms with Crippen molar-refractivity contribution in [2.75, 3.05) is 0 Å². The number of aliphatic carboxylic acids is 1. The smallest absolute Gasteiger partial charge is 0.544 e. The summed E-state index contributed by atoms with van der Waals surface area (Å²) in [5, 5.41) is 9.87. The second kappa shape index (κ2) is 10.2. The molecule has 0 radical (unpaired) electrons. The average Bonchev–Trinajstić information content (AvgIpc) is 1.97. The van der Waals surface area contributed by atoms with Crippen LogP contribution in [0.1, 0.15) is 32.6 Å². The van der Waals surface area contributed by atoms with Gasteiger partial charge in [-0.15, -0.1) is 0 Å². The van der Waals surface area contributed by atoms with Gasteiger partial charge in [-0.2, -0.15) is 0 Å². The van der Waals surface area contributed by atoms with Crippen LogP contribution in [0.5, 0.6) is 0 Å². The van der Waals surface area contributed by atoms with E-state index in [0.717, 1.165) is 25.7 Å². The molecule has 0 fully saturated rings. The molecular formula is C8H12ClKO2. The Balaban J connectivity index is 0. The van der Waals surface area contributed by atoms with Gasteiger partial charge in [0, 0.05) is 0 Å². The summed E-state index contributed by atoms with van der Waals surface area (Å²) in [6, 6.07) is 0. The molecule has 4 heteroatoms. The molecule has 0 rings (SSSR count). The summed E-state index contributed by atoms with van der Waals surface area (Å²) < 4.78 is 0. The summed E-state index contributed by atoms with van der Waals surface area (Å²) in [6.07, 6.45) is 5.43. The van der Waals surface area contributed by atoms with E-state index < -0.39 is 5.97 Å². The van der Waals surface area contributed by atoms with Crippen molar-refractivity contribution in [2.45, 2.75) is 32.6 Å². The minimum Gasteiger partial charge on any atom is -0.544 e. The number of carboxylic acid groups (broad SMARTS) is 1. The molecule has 0 aliphatic rings. The maximum atomic E-state index is 10.1. The zero-order chi connectivity index (χ0) is 8.69. The van der Waals surface area contributed by atoms with Crippen molar-refractivity contribution in [2.24, 2.45) is 0 Å². The maximum absolute atomic E-state index is 10.1. The molecule has 0 bridgehead atoms. The Bertz CT molecular complexity index is 157. The third-order valence-electron chi connectivity index (χ3n) is 1.33. The number of hydrogen-bond acceptors (Lipinski definition) is 2. The van der Waals surface area contributed by atoms with Crippen molar-refractivity contribution in [1.82, 2.24) is 0 Å². The first-order valence-electron chi connectivity index (χ1n) is 3.75. The van der Waals surface area contributed by atoms with Gasteiger partial charge >= 0.3 is 51.4 Å². The van der Waals surface area contributed by atoms with E-state index in [9.17, 15) is 9.90 Å². The van der Waals surface area contributed by atoms with Crippen molar-refractivity contribution in [3.63, 3.8) is 0 Å². The molecule has 12 heavy (non-hydrogen) atoms. The van der Waals surface area contributed by atoms with Crippen LogP contribution in [0.15, 0.2) is 11.1 Å². The van der Waals surface area contributed by atoms with Gasteiger partial charge in [0.15, 0.2) is 0 Å². The van der Waals surface area contributed by atoms with Gasteiger partial charge in [0.2, 0.25) is 0 Å². The van der Waals surface area contributed by atoms with E-state index in [0.29, 0.717) is 0 Å². The number of hydrogen-bond donors (Lipinski definition) is 0. The van der Waals surface area contributed by atoms with E-state index in [-0.39, 0.29) is 56.4 Å². The van der Waals surface area contributed by atoms with Crippen molar-refractivity contribution >= 4 is 17.6 Å². The van der Waals surface area contributed by atoms with Gasteiger partial charge < -0.3 is 9.90 Å². The number of allylic oxidation sites excluding steroid dienone is 1. The van der Waals surface area contributed by atoms with Crippen LogP contribution in [-0.4, -0.2) is 5.97 Å². The number of carbonyl (C=O) groups excluding carboxylic acids is 1. The molecule has 2 nitrogen and oxygen atoms in total. The van der Waals surface area contributed by atoms with Crippen LogP contribution in [-0.2, 0) is 4.79 Å². The molecule has 0 saturated heterocycles. The Labute approximate surface area is 121 Å². The Morgan fingerprint density at radius 1 is 1.50 bits per heavy atom. The molecule has 0 aliphatic heterocycles. The van der Waals surface area contributed by atoms with Gasteiger partial charge in [-0.3, -0.25) is 0 Å². The summed E-state index contributed by atoms with van der Waals surface area (Å²) in [4.78, 5) is 10.1. The minimum absolute atomic E-state index is 0. The van der Waals surface area contributed by atoms with Gasteiger partial charge in [-0.05, 0) is 12.8 Å². The Morgan fingerprint density at radius 2 is 2.08 bits per heavy atom. The first-order chi connectivity index (χ1) is 5.18. The zero-order valence-corrected chi connectivity index (χ0v) is 11.5. The van der Waals surface area contributed by atoms with Gasteiger partial charge in [0.25, 0.3) is 0 Å². The Kier molecular flexibility index (Phi) is 13.3. The number of rotatable bonds is 5. The Hall–Kier alpha value is 1.14. The standard InChI is InChI=1S/C8H13ClO2.K/c1-2-3-4-5-6-7(9)8(10)11;/h6H,2-5H2,1H3,(H,10,11);/q;+1/p-1/b7-6-;. The van der Waals surface area contributed by atoms with E-state index in [1.54, 1.807) is 0 Å². The molecule has 0 aliphatic carbocycles. The fourth-order valence-corrected chi connectivity index (χ4v) is 0.816. The van der Waals surface area contributed by atoms with E-state index in [1.165, 1.54) is 6.08 Å². The number of unbranched alkanes of at least 4 members (excludes halogenated alkanes) is 3. The van der Waals surface area contributed by atoms with Crippen molar-refractivity contribution in [3.05, 3.63) is 11.1 Å². The number of carbonyl (C=O) groups is 1. The van der Waals surface area contributed by atoms with Crippen molar-refractivity contribution in [3.8, 4) is 0 Å². The van der Waals surface area contributed by atoms with Crippen LogP contribution >= 0.6 is 11.6 Å². The third kappa shape index (κ3) is 9.23. The normalized spacial score (nSPS) is 10.7. The average molecular weight is 215 g/mol. The molecule has 0 atom stereocenters. The quantitative estimate of drug-likeness (QED) is 0.316. The van der Waals surface area contributed by atoms with Crippen LogP contribution in [0.3, 0.4) is 0 Å². The minimum atomic E-state index is -1.29. The molecule has 0 heterocycles. The largest absolute Gasteiger partial charge is 1.00 e. The van der Waals surface area contributed by atoms with E-state index in [4.69, 9.17) is 11.6 Å². The second-order valence-corrected chi connectivity index (χ2v) is 2.74. The maximum Gasteiger partial charge on any atom is 1.00 e. The van der Waals surface area contributed by atoms with Crippen LogP contribution in [0, 0.1) is 0 Å². The third-order valence-corrected chi connectivity index (χ3v) is 1.63. The van der Waals surface area contributed by atoms with Crippen molar-refractivity contribution < 1.29 is 61.3 Å². The van der Waals surface area contributed by atoms with Crippen LogP contribution in [0.2, 0.25) is 0 Å². The Morgan fingerprint density at radius 3 is 2.50 bits per heavy atom. The van der Waals surface area contributed by atoms with E-state index in [2.05, 4.69) is 6.92 Å². The summed E-state index contributed by atoms with van der Waals surface area (Å²) in [5.74, 6) is -1.29. The summed E-state index contributed by atoms with van der Waals surface area (Å²) >= 11 is 5.29. The predicted octanol–water partition coefficient (Wildman–Crippen LogP) is -1.56. The van der Waals surface area contributed by atoms with Crippen LogP contribution in [0.4, 0.5) is 0 Å². The molecule has 0 saturated carbocycles. The molecule has 0 aromatic heterocycles. The topological polar surface area (TPSA) is 40.1 Å². The monoisotopic (exact) mass is 214 g/mol. The second-order valence-electron chi connectivity index (χ2n) is 2.34. The molecule has 0 spiro atoms. The van der Waals surface area contributed by atoms with E-state index in [1.807, 2.05) is 0 Å². The first kappa shape index (κ1) is 15.6. The molecule has 0 aromatic rings. The molecule has 0 N–H and O–H groups in total. The zero-order valence-electron chi connectivity index (χ0n) is 7.60. The number of halogens is 1. The molecule has 0 aromatic carbocycles. The van der Waals surface area contributed by atoms with E-state index >= 15 is 0 Å². The van der Waals surface area contributed by atoms with Crippen LogP contribution < -0.4 is 56.5 Å².